The molecule has 3 aliphatic rings. The van der Waals surface area contributed by atoms with Gasteiger partial charge in [-0.1, -0.05) is 17.7 Å². The SMILES string of the molecule is C=S(C)(=O)N1CCC2(CCN(c3cc(Cl)ccc3CN3CCN(C(=O)OC(C(F)(F)F)C(F)(F)F)CC3)C2)CC1. The molecule has 0 aliphatic carbocycles. The van der Waals surface area contributed by atoms with Crippen LogP contribution in [0.25, 0.3) is 0 Å². The van der Waals surface area contributed by atoms with Gasteiger partial charge in [0.1, 0.15) is 0 Å². The van der Waals surface area contributed by atoms with Gasteiger partial charge in [0, 0.05) is 85.6 Å². The number of carbonyl (C=O) groups excluding carboxylic acids is 1. The lowest BCUT2D eigenvalue weighted by atomic mass is 9.78. The van der Waals surface area contributed by atoms with Crippen molar-refractivity contribution in [2.45, 2.75) is 44.3 Å². The number of ether oxygens (including phenoxy) is 1. The lowest BCUT2D eigenvalue weighted by molar-refractivity contribution is -0.308. The smallest absolute Gasteiger partial charge is 0.426 e. The number of piperidine rings is 1. The van der Waals surface area contributed by atoms with Crippen LogP contribution in [0.15, 0.2) is 18.2 Å². The van der Waals surface area contributed by atoms with Gasteiger partial charge in [0.15, 0.2) is 0 Å². The van der Waals surface area contributed by atoms with E-state index in [2.05, 4.69) is 15.5 Å². The van der Waals surface area contributed by atoms with Gasteiger partial charge in [-0.3, -0.25) is 9.11 Å². The Morgan fingerprint density at radius 3 is 2.15 bits per heavy atom. The number of alkyl halides is 6. The second-order valence-corrected chi connectivity index (χ2v) is 13.8. The van der Waals surface area contributed by atoms with E-state index in [4.69, 9.17) is 11.6 Å². The van der Waals surface area contributed by atoms with Crippen molar-refractivity contribution in [1.29, 1.82) is 0 Å². The minimum atomic E-state index is -5.75. The minimum Gasteiger partial charge on any atom is -0.426 e. The quantitative estimate of drug-likeness (QED) is 0.356. The molecule has 1 aromatic rings. The number of hydrogen-bond donors (Lipinski definition) is 0. The first kappa shape index (κ1) is 31.0. The Balaban J connectivity index is 1.36. The lowest BCUT2D eigenvalue weighted by Gasteiger charge is -2.40. The van der Waals surface area contributed by atoms with Gasteiger partial charge in [0.05, 0.1) is 0 Å². The van der Waals surface area contributed by atoms with Crippen LogP contribution >= 0.6 is 11.6 Å². The summed E-state index contributed by atoms with van der Waals surface area (Å²) < 4.78 is 94.8. The molecule has 1 aromatic carbocycles. The van der Waals surface area contributed by atoms with Crippen LogP contribution in [0.5, 0.6) is 0 Å². The second kappa shape index (κ2) is 11.4. The van der Waals surface area contributed by atoms with Crippen LogP contribution in [0.2, 0.25) is 5.02 Å². The van der Waals surface area contributed by atoms with Crippen molar-refractivity contribution in [3.63, 3.8) is 0 Å². The molecule has 3 heterocycles. The van der Waals surface area contributed by atoms with E-state index in [-0.39, 0.29) is 31.6 Å². The fourth-order valence-corrected chi connectivity index (χ4v) is 6.81. The molecule has 15 heteroatoms. The molecule has 226 valence electrons. The summed E-state index contributed by atoms with van der Waals surface area (Å²) in [6.45, 7) is 3.96. The fourth-order valence-electron chi connectivity index (χ4n) is 5.68. The molecule has 1 unspecified atom stereocenters. The molecular formula is C25H33ClF6N4O3S. The maximum absolute atomic E-state index is 12.8. The molecule has 0 N–H and O–H groups in total. The molecular weight excluding hydrogens is 586 g/mol. The third-order valence-corrected chi connectivity index (χ3v) is 9.69. The molecule has 3 saturated heterocycles. The second-order valence-electron chi connectivity index (χ2n) is 10.9. The Labute approximate surface area is 235 Å². The van der Waals surface area contributed by atoms with Crippen molar-refractivity contribution in [3.8, 4) is 0 Å². The molecule has 0 radical (unpaired) electrons. The van der Waals surface area contributed by atoms with Crippen LogP contribution in [0, 0.1) is 5.41 Å². The van der Waals surface area contributed by atoms with E-state index in [0.717, 1.165) is 61.6 Å². The molecule has 0 aromatic heterocycles. The third kappa shape index (κ3) is 7.29. The zero-order valence-electron chi connectivity index (χ0n) is 22.1. The van der Waals surface area contributed by atoms with Gasteiger partial charge in [-0.2, -0.15) is 26.3 Å². The van der Waals surface area contributed by atoms with E-state index >= 15 is 0 Å². The minimum absolute atomic E-state index is 0.0690. The summed E-state index contributed by atoms with van der Waals surface area (Å²) in [5.74, 6) is 3.80. The van der Waals surface area contributed by atoms with Crippen molar-refractivity contribution in [2.75, 3.05) is 63.5 Å². The number of nitrogens with zero attached hydrogens (tertiary/aromatic N) is 4. The summed E-state index contributed by atoms with van der Waals surface area (Å²) in [7, 11) is -2.23. The molecule has 1 atom stereocenters. The maximum Gasteiger partial charge on any atom is 0.434 e. The summed E-state index contributed by atoms with van der Waals surface area (Å²) in [5, 5.41) is 0.578. The van der Waals surface area contributed by atoms with Crippen LogP contribution in [-0.4, -0.2) is 107 Å². The van der Waals surface area contributed by atoms with Crippen molar-refractivity contribution >= 4 is 39.0 Å². The Bertz CT molecular complexity index is 1170. The van der Waals surface area contributed by atoms with Crippen LogP contribution in [0.3, 0.4) is 0 Å². The third-order valence-electron chi connectivity index (χ3n) is 7.99. The van der Waals surface area contributed by atoms with E-state index in [1.165, 1.54) is 0 Å². The van der Waals surface area contributed by atoms with Gasteiger partial charge in [-0.15, -0.1) is 0 Å². The first-order valence-electron chi connectivity index (χ1n) is 12.9. The van der Waals surface area contributed by atoms with Crippen LogP contribution in [0.4, 0.5) is 36.8 Å². The van der Waals surface area contributed by atoms with Gasteiger partial charge < -0.3 is 14.5 Å². The Hall–Kier alpha value is -1.90. The summed E-state index contributed by atoms with van der Waals surface area (Å²) in [4.78, 5) is 17.2. The zero-order chi connectivity index (χ0) is 29.5. The number of carbonyl (C=O) groups is 1. The molecule has 0 saturated carbocycles. The normalized spacial score (nSPS) is 22.6. The fraction of sp³-hybridized carbons (Fsp3) is 0.680. The molecule has 0 bridgehead atoms. The number of halogens is 7. The van der Waals surface area contributed by atoms with E-state index < -0.39 is 34.3 Å². The van der Waals surface area contributed by atoms with Gasteiger partial charge in [-0.05, 0) is 48.2 Å². The number of hydrogen-bond acceptors (Lipinski definition) is 5. The summed E-state index contributed by atoms with van der Waals surface area (Å²) >= 11 is 6.34. The Morgan fingerprint density at radius 2 is 1.60 bits per heavy atom. The van der Waals surface area contributed by atoms with Crippen molar-refractivity contribution in [1.82, 2.24) is 14.1 Å². The topological polar surface area (TPSA) is 56.3 Å². The van der Waals surface area contributed by atoms with Crippen LogP contribution in [0.1, 0.15) is 24.8 Å². The monoisotopic (exact) mass is 618 g/mol. The highest BCUT2D eigenvalue weighted by Gasteiger charge is 2.60. The van der Waals surface area contributed by atoms with E-state index in [1.54, 1.807) is 12.3 Å². The predicted octanol–water partition coefficient (Wildman–Crippen LogP) is 4.64. The van der Waals surface area contributed by atoms with Gasteiger partial charge >= 0.3 is 18.4 Å². The molecule has 1 spiro atoms. The first-order chi connectivity index (χ1) is 18.5. The van der Waals surface area contributed by atoms with E-state index in [1.807, 2.05) is 21.3 Å². The number of rotatable bonds is 5. The largest absolute Gasteiger partial charge is 0.434 e. The molecule has 3 fully saturated rings. The molecule has 1 amide bonds. The maximum atomic E-state index is 12.8. The van der Waals surface area contributed by atoms with Gasteiger partial charge in [0.25, 0.3) is 6.10 Å². The average Bonchev–Trinajstić information content (AvgIpc) is 3.25. The molecule has 4 rings (SSSR count). The highest BCUT2D eigenvalue weighted by atomic mass is 35.5. The Morgan fingerprint density at radius 1 is 1.02 bits per heavy atom. The predicted molar refractivity (Wildman–Crippen MR) is 142 cm³/mol. The highest BCUT2D eigenvalue weighted by Crippen LogP contribution is 2.43. The number of piperazine rings is 1. The number of anilines is 1. The Kier molecular flexibility index (Phi) is 8.85. The van der Waals surface area contributed by atoms with E-state index in [9.17, 15) is 35.3 Å². The average molecular weight is 619 g/mol. The molecule has 40 heavy (non-hydrogen) atoms. The highest BCUT2D eigenvalue weighted by molar-refractivity contribution is 7.97. The van der Waals surface area contributed by atoms with Crippen molar-refractivity contribution in [2.24, 2.45) is 5.41 Å². The summed E-state index contributed by atoms with van der Waals surface area (Å²) in [5.41, 5.74) is 2.07. The lowest BCUT2D eigenvalue weighted by Crippen LogP contribution is -2.52. The molecule has 3 aliphatic heterocycles. The number of amides is 1. The van der Waals surface area contributed by atoms with Crippen molar-refractivity contribution in [3.05, 3.63) is 28.8 Å². The number of benzene rings is 1. The summed E-state index contributed by atoms with van der Waals surface area (Å²) in [6.07, 6.45) is -12.8. The van der Waals surface area contributed by atoms with Gasteiger partial charge in [0.2, 0.25) is 0 Å². The van der Waals surface area contributed by atoms with Gasteiger partial charge in [-0.25, -0.2) is 9.10 Å². The van der Waals surface area contributed by atoms with E-state index in [0.29, 0.717) is 11.6 Å². The zero-order valence-corrected chi connectivity index (χ0v) is 23.6. The molecule has 7 nitrogen and oxygen atoms in total. The van der Waals surface area contributed by atoms with Crippen LogP contribution < -0.4 is 4.90 Å². The van der Waals surface area contributed by atoms with Crippen molar-refractivity contribution < 1.29 is 40.1 Å². The standard InChI is InChI=1S/C25H33ClF6N4O3S/c1-40(2,38)36-9-6-23(7-10-36)5-8-35(17-23)20-15-19(26)4-3-18(20)16-33-11-13-34(14-12-33)22(37)39-21(24(27,28)29)25(30,31)32/h3-4,15,21H,1,5-14,16-17H2,2H3. The summed E-state index contributed by atoms with van der Waals surface area (Å²) in [6, 6.07) is 5.60. The first-order valence-corrected chi connectivity index (χ1v) is 15.4. The van der Waals surface area contributed by atoms with Crippen LogP contribution in [-0.2, 0) is 21.0 Å².